The highest BCUT2D eigenvalue weighted by Crippen LogP contribution is 2.35. The quantitative estimate of drug-likeness (QED) is 0.214. The number of aryl methyl sites for hydroxylation is 3. The van der Waals surface area contributed by atoms with E-state index in [1.165, 1.54) is 28.7 Å². The van der Waals surface area contributed by atoms with Gasteiger partial charge in [-0.05, 0) is 98.8 Å². The molecular weight excluding hydrogens is 419 g/mol. The van der Waals surface area contributed by atoms with Crippen molar-refractivity contribution in [3.63, 3.8) is 0 Å². The Bertz CT molecular complexity index is 865. The fourth-order valence-corrected chi connectivity index (χ4v) is 4.90. The third kappa shape index (κ3) is 9.22. The summed E-state index contributed by atoms with van der Waals surface area (Å²) in [5.74, 6) is 0.781. The minimum atomic E-state index is -0.623. The van der Waals surface area contributed by atoms with Gasteiger partial charge in [-0.3, -0.25) is 0 Å². The van der Waals surface area contributed by atoms with Gasteiger partial charge in [0.2, 0.25) is 0 Å². The molecular formula is C32H43FO. The molecule has 0 spiro atoms. The molecule has 2 aromatic rings. The van der Waals surface area contributed by atoms with Gasteiger partial charge in [-0.15, -0.1) is 0 Å². The fraction of sp³-hybridized carbons (Fsp3) is 0.500. The highest BCUT2D eigenvalue weighted by Gasteiger charge is 2.29. The van der Waals surface area contributed by atoms with Crippen LogP contribution in [0.4, 0.5) is 4.39 Å². The summed E-state index contributed by atoms with van der Waals surface area (Å²) in [5, 5.41) is 0. The van der Waals surface area contributed by atoms with Crippen LogP contribution in [0.5, 0.6) is 0 Å². The van der Waals surface area contributed by atoms with Crippen LogP contribution in [0.2, 0.25) is 0 Å². The van der Waals surface area contributed by atoms with Gasteiger partial charge in [-0.25, -0.2) is 4.39 Å². The van der Waals surface area contributed by atoms with Crippen molar-refractivity contribution in [3.8, 4) is 0 Å². The molecule has 0 bridgehead atoms. The fourth-order valence-electron chi connectivity index (χ4n) is 4.90. The van der Waals surface area contributed by atoms with Crippen LogP contribution in [-0.4, -0.2) is 12.8 Å². The third-order valence-corrected chi connectivity index (χ3v) is 7.16. The summed E-state index contributed by atoms with van der Waals surface area (Å²) in [7, 11) is 0. The normalized spacial score (nSPS) is 21.0. The van der Waals surface area contributed by atoms with E-state index in [2.05, 4.69) is 67.6 Å². The van der Waals surface area contributed by atoms with Gasteiger partial charge in [0.25, 0.3) is 0 Å². The van der Waals surface area contributed by atoms with E-state index in [0.717, 1.165) is 51.4 Å². The number of alkyl halides is 1. The van der Waals surface area contributed by atoms with Crippen molar-refractivity contribution >= 4 is 0 Å². The molecule has 3 atom stereocenters. The van der Waals surface area contributed by atoms with E-state index < -0.39 is 6.17 Å². The van der Waals surface area contributed by atoms with Gasteiger partial charge in [0.1, 0.15) is 6.17 Å². The summed E-state index contributed by atoms with van der Waals surface area (Å²) in [6, 6.07) is 17.9. The Morgan fingerprint density at radius 1 is 0.824 bits per heavy atom. The average molecular weight is 463 g/mol. The smallest absolute Gasteiger partial charge is 0.103 e. The summed E-state index contributed by atoms with van der Waals surface area (Å²) in [6.07, 6.45) is 17.0. The molecule has 0 amide bonds. The molecule has 3 rings (SSSR count). The van der Waals surface area contributed by atoms with Gasteiger partial charge >= 0.3 is 0 Å². The van der Waals surface area contributed by atoms with Gasteiger partial charge < -0.3 is 4.74 Å². The first-order chi connectivity index (χ1) is 16.7. The molecule has 2 aromatic carbocycles. The maximum absolute atomic E-state index is 14.6. The maximum atomic E-state index is 14.6. The molecule has 0 radical (unpaired) electrons. The highest BCUT2D eigenvalue weighted by atomic mass is 19.1. The van der Waals surface area contributed by atoms with Crippen LogP contribution in [0, 0.1) is 11.8 Å². The van der Waals surface area contributed by atoms with Crippen LogP contribution in [0.15, 0.2) is 72.8 Å². The van der Waals surface area contributed by atoms with E-state index in [1.54, 1.807) is 0 Å². The van der Waals surface area contributed by atoms with Crippen molar-refractivity contribution in [3.05, 3.63) is 95.1 Å². The van der Waals surface area contributed by atoms with Crippen molar-refractivity contribution in [2.75, 3.05) is 6.61 Å². The number of allylic oxidation sites excluding steroid dienone is 3. The van der Waals surface area contributed by atoms with Crippen LogP contribution >= 0.6 is 0 Å². The zero-order valence-electron chi connectivity index (χ0n) is 21.2. The first-order valence-electron chi connectivity index (χ1n) is 13.3. The molecule has 1 aliphatic carbocycles. The lowest BCUT2D eigenvalue weighted by Gasteiger charge is -2.31. The molecule has 1 saturated carbocycles. The Morgan fingerprint density at radius 3 is 2.03 bits per heavy atom. The lowest BCUT2D eigenvalue weighted by atomic mass is 9.77. The molecule has 0 aliphatic heterocycles. The maximum Gasteiger partial charge on any atom is 0.103 e. The van der Waals surface area contributed by atoms with E-state index in [1.807, 2.05) is 19.1 Å². The Morgan fingerprint density at radius 2 is 1.44 bits per heavy atom. The number of hydrogen-bond donors (Lipinski definition) is 0. The van der Waals surface area contributed by atoms with E-state index in [-0.39, 0.29) is 5.92 Å². The number of benzene rings is 2. The molecule has 2 heteroatoms. The Hall–Kier alpha value is -2.19. The standard InChI is InChI=1S/C32H43FO/c1-3-5-7-8-31-22-21-29(24-32(31)33)18-15-27-12-9-26(10-13-27)11-14-28-16-19-30(20-17-28)25-34-23-6-4-2/h4-7,9-10,12-13,16-17,19-20,29,31-32H,3,8,11,14-15,18,21-25H2,1-2H3/b6-4?,7-5+. The zero-order chi connectivity index (χ0) is 24.0. The van der Waals surface area contributed by atoms with Crippen molar-refractivity contribution in [2.24, 2.45) is 11.8 Å². The van der Waals surface area contributed by atoms with Gasteiger partial charge in [0.05, 0.1) is 13.2 Å². The van der Waals surface area contributed by atoms with Crippen LogP contribution < -0.4 is 0 Å². The van der Waals surface area contributed by atoms with Gasteiger partial charge in [-0.2, -0.15) is 0 Å². The molecule has 1 nitrogen and oxygen atoms in total. The number of rotatable bonds is 13. The largest absolute Gasteiger partial charge is 0.373 e. The predicted octanol–water partition coefficient (Wildman–Crippen LogP) is 8.61. The molecule has 3 unspecified atom stereocenters. The summed E-state index contributed by atoms with van der Waals surface area (Å²) in [4.78, 5) is 0. The minimum absolute atomic E-state index is 0.242. The predicted molar refractivity (Wildman–Crippen MR) is 143 cm³/mol. The lowest BCUT2D eigenvalue weighted by Crippen LogP contribution is -2.26. The first-order valence-corrected chi connectivity index (χ1v) is 13.3. The monoisotopic (exact) mass is 462 g/mol. The molecule has 0 heterocycles. The van der Waals surface area contributed by atoms with E-state index >= 15 is 0 Å². The second-order valence-corrected chi connectivity index (χ2v) is 9.83. The third-order valence-electron chi connectivity index (χ3n) is 7.16. The Balaban J connectivity index is 1.36. The second kappa shape index (κ2) is 14.9. The van der Waals surface area contributed by atoms with Crippen LogP contribution in [0.25, 0.3) is 0 Å². The average Bonchev–Trinajstić information content (AvgIpc) is 2.87. The number of ether oxygens (including phenoxy) is 1. The molecule has 34 heavy (non-hydrogen) atoms. The lowest BCUT2D eigenvalue weighted by molar-refractivity contribution is 0.123. The van der Waals surface area contributed by atoms with E-state index in [0.29, 0.717) is 19.1 Å². The van der Waals surface area contributed by atoms with Gasteiger partial charge in [0.15, 0.2) is 0 Å². The topological polar surface area (TPSA) is 9.23 Å². The summed E-state index contributed by atoms with van der Waals surface area (Å²) >= 11 is 0. The van der Waals surface area contributed by atoms with E-state index in [9.17, 15) is 4.39 Å². The molecule has 1 aliphatic rings. The molecule has 184 valence electrons. The second-order valence-electron chi connectivity index (χ2n) is 9.83. The summed E-state index contributed by atoms with van der Waals surface area (Å²) in [5.41, 5.74) is 5.35. The van der Waals surface area contributed by atoms with Crippen LogP contribution in [-0.2, 0) is 30.6 Å². The van der Waals surface area contributed by atoms with Crippen LogP contribution in [0.1, 0.15) is 74.6 Å². The number of hydrogen-bond acceptors (Lipinski definition) is 1. The molecule has 0 aromatic heterocycles. The zero-order valence-corrected chi connectivity index (χ0v) is 21.2. The van der Waals surface area contributed by atoms with Gasteiger partial charge in [0, 0.05) is 0 Å². The molecule has 1 fully saturated rings. The highest BCUT2D eigenvalue weighted by molar-refractivity contribution is 5.26. The van der Waals surface area contributed by atoms with Crippen LogP contribution in [0.3, 0.4) is 0 Å². The summed E-state index contributed by atoms with van der Waals surface area (Å²) < 4.78 is 20.2. The van der Waals surface area contributed by atoms with Crippen molar-refractivity contribution in [1.82, 2.24) is 0 Å². The van der Waals surface area contributed by atoms with Crippen molar-refractivity contribution < 1.29 is 9.13 Å². The summed E-state index contributed by atoms with van der Waals surface area (Å²) in [6.45, 7) is 5.47. The van der Waals surface area contributed by atoms with Gasteiger partial charge in [-0.1, -0.05) is 79.8 Å². The molecule has 0 saturated heterocycles. The first kappa shape index (κ1) is 26.4. The van der Waals surface area contributed by atoms with Crippen molar-refractivity contribution in [2.45, 2.75) is 84.4 Å². The van der Waals surface area contributed by atoms with Crippen molar-refractivity contribution in [1.29, 1.82) is 0 Å². The minimum Gasteiger partial charge on any atom is -0.373 e. The number of halogens is 1. The Kier molecular flexibility index (Phi) is 11.6. The van der Waals surface area contributed by atoms with E-state index in [4.69, 9.17) is 4.74 Å². The Labute approximate surface area is 207 Å². The SMILES string of the molecule is CC=CCOCc1ccc(CCc2ccc(CCC3CCC(C/C=C/CC)C(F)C3)cc2)cc1. The molecule has 0 N–H and O–H groups in total.